The molecule has 0 aliphatic heterocycles. The molecule has 2 aromatic rings. The summed E-state index contributed by atoms with van der Waals surface area (Å²) >= 11 is 6.01. The predicted molar refractivity (Wildman–Crippen MR) is 97.4 cm³/mol. The van der Waals surface area contributed by atoms with Crippen LogP contribution in [-0.4, -0.2) is 25.5 Å². The Morgan fingerprint density at radius 2 is 1.85 bits per heavy atom. The van der Waals surface area contributed by atoms with Crippen LogP contribution in [0.1, 0.15) is 6.92 Å². The van der Waals surface area contributed by atoms with Gasteiger partial charge in [0.25, 0.3) is 5.69 Å². The van der Waals surface area contributed by atoms with Gasteiger partial charge in [-0.2, -0.15) is 0 Å². The smallest absolute Gasteiger partial charge is 0.296 e. The number of nitro groups is 1. The van der Waals surface area contributed by atoms with E-state index < -0.39 is 26.5 Å². The van der Waals surface area contributed by atoms with E-state index in [4.69, 9.17) is 16.3 Å². The first kappa shape index (κ1) is 19.5. The number of ether oxygens (including phenoxy) is 1. The lowest BCUT2D eigenvalue weighted by molar-refractivity contribution is -0.384. The number of anilines is 2. The van der Waals surface area contributed by atoms with Gasteiger partial charge in [0.2, 0.25) is 15.9 Å². The molecule has 9 nitrogen and oxygen atoms in total. The van der Waals surface area contributed by atoms with Crippen LogP contribution in [0, 0.1) is 10.1 Å². The number of hydrogen-bond donors (Lipinski definition) is 2. The Morgan fingerprint density at radius 3 is 2.38 bits per heavy atom. The zero-order valence-electron chi connectivity index (χ0n) is 13.6. The van der Waals surface area contributed by atoms with E-state index in [1.807, 2.05) is 0 Å². The highest BCUT2D eigenvalue weighted by Gasteiger charge is 2.22. The molecule has 0 unspecified atom stereocenters. The summed E-state index contributed by atoms with van der Waals surface area (Å²) in [5, 5.41) is 13.8. The molecule has 1 amide bonds. The number of nitrogens with zero attached hydrogens (tertiary/aromatic N) is 1. The van der Waals surface area contributed by atoms with Gasteiger partial charge in [-0.05, 0) is 18.2 Å². The van der Waals surface area contributed by atoms with Crippen LogP contribution in [0.2, 0.25) is 5.02 Å². The van der Waals surface area contributed by atoms with Crippen molar-refractivity contribution >= 4 is 44.6 Å². The highest BCUT2D eigenvalue weighted by atomic mass is 35.5. The van der Waals surface area contributed by atoms with E-state index in [1.54, 1.807) is 18.2 Å². The molecule has 11 heteroatoms. The van der Waals surface area contributed by atoms with Crippen molar-refractivity contribution < 1.29 is 22.9 Å². The fourth-order valence-electron chi connectivity index (χ4n) is 2.02. The zero-order chi connectivity index (χ0) is 19.5. The van der Waals surface area contributed by atoms with Crippen LogP contribution in [-0.2, 0) is 14.8 Å². The first-order valence-corrected chi connectivity index (χ1v) is 9.34. The Hall–Kier alpha value is -2.85. The Kier molecular flexibility index (Phi) is 5.68. The quantitative estimate of drug-likeness (QED) is 0.566. The summed E-state index contributed by atoms with van der Waals surface area (Å²) in [6.45, 7) is 1.17. The van der Waals surface area contributed by atoms with Crippen molar-refractivity contribution in [2.24, 2.45) is 0 Å². The van der Waals surface area contributed by atoms with Crippen LogP contribution in [0.15, 0.2) is 36.4 Å². The van der Waals surface area contributed by atoms with Crippen molar-refractivity contribution in [1.82, 2.24) is 0 Å². The Labute approximate surface area is 154 Å². The standard InChI is InChI=1S/C15H14ClN3O6S/c1-9(20)17-11-7-12(18-26(2,23)24)15(8-13(11)19(21)22)25-14-6-4-3-5-10(14)16/h3-8,18H,1-2H3,(H,17,20). The summed E-state index contributed by atoms with van der Waals surface area (Å²) in [6.07, 6.45) is 0.908. The van der Waals surface area contributed by atoms with Gasteiger partial charge in [0.05, 0.1) is 28.0 Å². The molecule has 0 saturated carbocycles. The minimum atomic E-state index is -3.73. The molecule has 0 aliphatic carbocycles. The molecular formula is C15H14ClN3O6S. The van der Waals surface area contributed by atoms with Crippen LogP contribution in [0.3, 0.4) is 0 Å². The minimum absolute atomic E-state index is 0.0956. The molecule has 0 spiro atoms. The highest BCUT2D eigenvalue weighted by molar-refractivity contribution is 7.92. The summed E-state index contributed by atoms with van der Waals surface area (Å²) in [7, 11) is -3.73. The van der Waals surface area contributed by atoms with E-state index in [1.165, 1.54) is 13.0 Å². The van der Waals surface area contributed by atoms with Gasteiger partial charge in [0.15, 0.2) is 5.75 Å². The second-order valence-corrected chi connectivity index (χ2v) is 7.37. The third-order valence-electron chi connectivity index (χ3n) is 2.96. The third kappa shape index (κ3) is 5.07. The normalized spacial score (nSPS) is 10.9. The van der Waals surface area contributed by atoms with E-state index in [0.717, 1.165) is 18.4 Å². The topological polar surface area (TPSA) is 128 Å². The minimum Gasteiger partial charge on any atom is -0.453 e. The van der Waals surface area contributed by atoms with Crippen molar-refractivity contribution in [1.29, 1.82) is 0 Å². The molecule has 26 heavy (non-hydrogen) atoms. The van der Waals surface area contributed by atoms with Gasteiger partial charge < -0.3 is 10.1 Å². The monoisotopic (exact) mass is 399 g/mol. The summed E-state index contributed by atoms with van der Waals surface area (Å²) in [5.74, 6) is -0.533. The van der Waals surface area contributed by atoms with Crippen molar-refractivity contribution in [3.05, 3.63) is 51.5 Å². The molecule has 0 radical (unpaired) electrons. The maximum atomic E-state index is 11.6. The lowest BCUT2D eigenvalue weighted by Gasteiger charge is -2.15. The van der Waals surface area contributed by atoms with Gasteiger partial charge in [-0.1, -0.05) is 23.7 Å². The van der Waals surface area contributed by atoms with Crippen molar-refractivity contribution in [3.63, 3.8) is 0 Å². The fourth-order valence-corrected chi connectivity index (χ4v) is 2.75. The first-order chi connectivity index (χ1) is 12.1. The summed E-state index contributed by atoms with van der Waals surface area (Å²) in [5.41, 5.74) is -0.747. The molecule has 0 bridgehead atoms. The number of nitrogens with one attached hydrogen (secondary N) is 2. The van der Waals surface area contributed by atoms with Gasteiger partial charge in [-0.15, -0.1) is 0 Å². The Morgan fingerprint density at radius 1 is 1.19 bits per heavy atom. The largest absolute Gasteiger partial charge is 0.453 e. The van der Waals surface area contributed by atoms with Crippen LogP contribution >= 0.6 is 11.6 Å². The molecule has 0 aromatic heterocycles. The number of amides is 1. The zero-order valence-corrected chi connectivity index (χ0v) is 15.2. The van der Waals surface area contributed by atoms with Gasteiger partial charge in [-0.3, -0.25) is 19.6 Å². The molecule has 0 aliphatic rings. The maximum absolute atomic E-state index is 11.6. The van der Waals surface area contributed by atoms with Crippen LogP contribution in [0.4, 0.5) is 17.1 Å². The van der Waals surface area contributed by atoms with Crippen molar-refractivity contribution in [2.75, 3.05) is 16.3 Å². The number of carbonyl (C=O) groups excluding carboxylic acids is 1. The fraction of sp³-hybridized carbons (Fsp3) is 0.133. The van der Waals surface area contributed by atoms with Gasteiger partial charge in [0.1, 0.15) is 11.4 Å². The molecule has 2 rings (SSSR count). The van der Waals surface area contributed by atoms with E-state index >= 15 is 0 Å². The predicted octanol–water partition coefficient (Wildman–Crippen LogP) is 3.37. The van der Waals surface area contributed by atoms with E-state index in [0.29, 0.717) is 0 Å². The Balaban J connectivity index is 2.62. The lowest BCUT2D eigenvalue weighted by atomic mass is 10.2. The molecule has 0 fully saturated rings. The molecule has 0 atom stereocenters. The van der Waals surface area contributed by atoms with Crippen molar-refractivity contribution in [2.45, 2.75) is 6.92 Å². The van der Waals surface area contributed by atoms with Crippen LogP contribution in [0.25, 0.3) is 0 Å². The number of para-hydroxylation sites is 1. The lowest BCUT2D eigenvalue weighted by Crippen LogP contribution is -2.13. The average molecular weight is 400 g/mol. The van der Waals surface area contributed by atoms with Gasteiger partial charge in [0, 0.05) is 6.92 Å². The number of benzene rings is 2. The maximum Gasteiger partial charge on any atom is 0.296 e. The number of carbonyl (C=O) groups is 1. The Bertz CT molecular complexity index is 977. The number of rotatable bonds is 6. The number of sulfonamides is 1. The first-order valence-electron chi connectivity index (χ1n) is 7.07. The second-order valence-electron chi connectivity index (χ2n) is 5.21. The van der Waals surface area contributed by atoms with E-state index in [2.05, 4.69) is 10.0 Å². The number of halogens is 1. The SMILES string of the molecule is CC(=O)Nc1cc(NS(C)(=O)=O)c(Oc2ccccc2Cl)cc1[N+](=O)[O-]. The molecule has 2 aromatic carbocycles. The van der Waals surface area contributed by atoms with Crippen LogP contribution in [0.5, 0.6) is 11.5 Å². The molecular weight excluding hydrogens is 386 g/mol. The summed E-state index contributed by atoms with van der Waals surface area (Å²) in [6, 6.07) is 8.45. The number of hydrogen-bond acceptors (Lipinski definition) is 6. The highest BCUT2D eigenvalue weighted by Crippen LogP contribution is 2.40. The van der Waals surface area contributed by atoms with E-state index in [-0.39, 0.29) is 27.9 Å². The van der Waals surface area contributed by atoms with E-state index in [9.17, 15) is 23.3 Å². The van der Waals surface area contributed by atoms with Gasteiger partial charge in [-0.25, -0.2) is 8.42 Å². The van der Waals surface area contributed by atoms with Gasteiger partial charge >= 0.3 is 0 Å². The van der Waals surface area contributed by atoms with Crippen molar-refractivity contribution in [3.8, 4) is 11.5 Å². The molecule has 2 N–H and O–H groups in total. The summed E-state index contributed by atoms with van der Waals surface area (Å²) < 4.78 is 31.0. The number of nitro benzene ring substituents is 1. The average Bonchev–Trinajstić information content (AvgIpc) is 2.49. The molecule has 0 saturated heterocycles. The third-order valence-corrected chi connectivity index (χ3v) is 3.86. The molecule has 138 valence electrons. The second kappa shape index (κ2) is 7.58. The van der Waals surface area contributed by atoms with Crippen LogP contribution < -0.4 is 14.8 Å². The molecule has 0 heterocycles. The summed E-state index contributed by atoms with van der Waals surface area (Å²) in [4.78, 5) is 21.9.